The Morgan fingerprint density at radius 2 is 1.68 bits per heavy atom. The first kappa shape index (κ1) is 14.0. The predicted octanol–water partition coefficient (Wildman–Crippen LogP) is 2.59. The summed E-state index contributed by atoms with van der Waals surface area (Å²) < 4.78 is 25.7. The summed E-state index contributed by atoms with van der Waals surface area (Å²) in [5.41, 5.74) is 0.502. The minimum absolute atomic E-state index is 0.105. The molecule has 100 valence electrons. The van der Waals surface area contributed by atoms with Crippen molar-refractivity contribution in [3.05, 3.63) is 56.4 Å². The minimum atomic E-state index is -3.80. The highest BCUT2D eigenvalue weighted by Gasteiger charge is 2.23. The molecule has 4 nitrogen and oxygen atoms in total. The molecule has 0 aliphatic heterocycles. The van der Waals surface area contributed by atoms with Crippen molar-refractivity contribution in [2.45, 2.75) is 23.6 Å². The second-order valence-electron chi connectivity index (χ2n) is 4.25. The Morgan fingerprint density at radius 1 is 1.11 bits per heavy atom. The normalized spacial score (nSPS) is 11.5. The van der Waals surface area contributed by atoms with Gasteiger partial charge in [0.05, 0.1) is 4.90 Å². The zero-order valence-corrected chi connectivity index (χ0v) is 12.8. The molecule has 0 fully saturated rings. The van der Waals surface area contributed by atoms with E-state index in [9.17, 15) is 13.2 Å². The summed E-state index contributed by atoms with van der Waals surface area (Å²) in [6.07, 6.45) is 0. The fourth-order valence-corrected chi connectivity index (χ4v) is 3.68. The fraction of sp³-hybridized carbons (Fsp3) is 0.154. The topological polar surface area (TPSA) is 67.0 Å². The van der Waals surface area contributed by atoms with Crippen LogP contribution in [0.1, 0.15) is 11.3 Å². The van der Waals surface area contributed by atoms with E-state index in [1.807, 2.05) is 0 Å². The molecule has 0 unspecified atom stereocenters. The molecule has 0 aliphatic carbocycles. The Labute approximate surface area is 119 Å². The Kier molecular flexibility index (Phi) is 3.64. The summed E-state index contributed by atoms with van der Waals surface area (Å²) in [4.78, 5) is 14.3. The molecule has 0 bridgehead atoms. The summed E-state index contributed by atoms with van der Waals surface area (Å²) >= 11 is 3.24. The minimum Gasteiger partial charge on any atom is -0.325 e. The molecule has 0 saturated carbocycles. The molecule has 0 spiro atoms. The number of H-pyrrole nitrogens is 1. The molecule has 0 amide bonds. The van der Waals surface area contributed by atoms with Crippen LogP contribution in [0.4, 0.5) is 0 Å². The van der Waals surface area contributed by atoms with Gasteiger partial charge >= 0.3 is 0 Å². The number of benzene rings is 1. The highest BCUT2D eigenvalue weighted by atomic mass is 79.9. The van der Waals surface area contributed by atoms with E-state index in [4.69, 9.17) is 0 Å². The van der Waals surface area contributed by atoms with Crippen LogP contribution in [0.3, 0.4) is 0 Å². The van der Waals surface area contributed by atoms with Crippen LogP contribution in [-0.2, 0) is 9.84 Å². The van der Waals surface area contributed by atoms with Crippen molar-refractivity contribution in [2.24, 2.45) is 0 Å². The van der Waals surface area contributed by atoms with Gasteiger partial charge in [0.2, 0.25) is 9.84 Å². The van der Waals surface area contributed by atoms with Gasteiger partial charge in [0.1, 0.15) is 4.90 Å². The van der Waals surface area contributed by atoms with Crippen molar-refractivity contribution in [3.8, 4) is 0 Å². The zero-order chi connectivity index (χ0) is 14.2. The lowest BCUT2D eigenvalue weighted by Gasteiger charge is -2.07. The van der Waals surface area contributed by atoms with E-state index < -0.39 is 15.4 Å². The van der Waals surface area contributed by atoms with Gasteiger partial charge in [-0.15, -0.1) is 0 Å². The number of halogens is 1. The number of aromatic nitrogens is 1. The van der Waals surface area contributed by atoms with E-state index in [0.29, 0.717) is 11.3 Å². The lowest BCUT2D eigenvalue weighted by Crippen LogP contribution is -2.20. The van der Waals surface area contributed by atoms with Crippen molar-refractivity contribution >= 4 is 25.8 Å². The molecule has 1 aromatic carbocycles. The van der Waals surface area contributed by atoms with Crippen LogP contribution >= 0.6 is 15.9 Å². The van der Waals surface area contributed by atoms with Crippen molar-refractivity contribution in [2.75, 3.05) is 0 Å². The highest BCUT2D eigenvalue weighted by Crippen LogP contribution is 2.22. The van der Waals surface area contributed by atoms with Gasteiger partial charge < -0.3 is 4.98 Å². The Balaban J connectivity index is 2.70. The highest BCUT2D eigenvalue weighted by molar-refractivity contribution is 9.10. The third-order valence-corrected chi connectivity index (χ3v) is 5.17. The standard InChI is InChI=1S/C13H12BrNO3S/c1-8-7-9(2)15-13(16)12(8)19(17,18)11-5-3-10(14)4-6-11/h3-7H,1-2H3,(H,15,16). The molecule has 0 radical (unpaired) electrons. The zero-order valence-electron chi connectivity index (χ0n) is 10.4. The van der Waals surface area contributed by atoms with E-state index >= 15 is 0 Å². The molecule has 1 N–H and O–H groups in total. The Morgan fingerprint density at radius 3 is 2.21 bits per heavy atom. The van der Waals surface area contributed by atoms with E-state index in [0.717, 1.165) is 4.47 Å². The smallest absolute Gasteiger partial charge is 0.267 e. The van der Waals surface area contributed by atoms with Gasteiger partial charge in [-0.25, -0.2) is 8.42 Å². The average molecular weight is 342 g/mol. The molecule has 1 aromatic heterocycles. The number of pyridine rings is 1. The Bertz CT molecular complexity index is 777. The molecule has 6 heteroatoms. The number of aryl methyl sites for hydroxylation is 2. The summed E-state index contributed by atoms with van der Waals surface area (Å²) in [7, 11) is -3.80. The first-order valence-corrected chi connectivity index (χ1v) is 7.81. The second kappa shape index (κ2) is 4.94. The van der Waals surface area contributed by atoms with Crippen LogP contribution in [0.5, 0.6) is 0 Å². The van der Waals surface area contributed by atoms with Crippen LogP contribution in [0.25, 0.3) is 0 Å². The summed E-state index contributed by atoms with van der Waals surface area (Å²) in [5, 5.41) is 0. The molecule has 0 aliphatic rings. The van der Waals surface area contributed by atoms with Gasteiger partial charge in [-0.2, -0.15) is 0 Å². The van der Waals surface area contributed by atoms with Crippen LogP contribution < -0.4 is 5.56 Å². The second-order valence-corrected chi connectivity index (χ2v) is 7.05. The van der Waals surface area contributed by atoms with Gasteiger partial charge in [-0.05, 0) is 49.7 Å². The monoisotopic (exact) mass is 341 g/mol. The quantitative estimate of drug-likeness (QED) is 0.912. The van der Waals surface area contributed by atoms with Crippen LogP contribution in [-0.4, -0.2) is 13.4 Å². The van der Waals surface area contributed by atoms with Crippen molar-refractivity contribution in [1.29, 1.82) is 0 Å². The molecule has 2 rings (SSSR count). The number of hydrogen-bond acceptors (Lipinski definition) is 3. The lowest BCUT2D eigenvalue weighted by molar-refractivity contribution is 0.594. The van der Waals surface area contributed by atoms with Gasteiger partial charge in [-0.3, -0.25) is 4.79 Å². The first-order valence-electron chi connectivity index (χ1n) is 5.53. The predicted molar refractivity (Wildman–Crippen MR) is 76.1 cm³/mol. The molecular formula is C13H12BrNO3S. The number of nitrogens with one attached hydrogen (secondary N) is 1. The molecule has 1 heterocycles. The molecule has 0 saturated heterocycles. The third-order valence-electron chi connectivity index (χ3n) is 2.70. The SMILES string of the molecule is Cc1cc(C)c(S(=O)(=O)c2ccc(Br)cc2)c(=O)[nH]1. The van der Waals surface area contributed by atoms with Gasteiger partial charge in [0, 0.05) is 10.2 Å². The average Bonchev–Trinajstić information content (AvgIpc) is 2.27. The van der Waals surface area contributed by atoms with Crippen molar-refractivity contribution in [1.82, 2.24) is 4.98 Å². The van der Waals surface area contributed by atoms with Crippen LogP contribution in [0.15, 0.2) is 49.4 Å². The first-order chi connectivity index (χ1) is 8.82. The van der Waals surface area contributed by atoms with E-state index in [1.54, 1.807) is 32.0 Å². The largest absolute Gasteiger partial charge is 0.325 e. The van der Waals surface area contributed by atoms with E-state index in [1.165, 1.54) is 12.1 Å². The van der Waals surface area contributed by atoms with Crippen molar-refractivity contribution < 1.29 is 8.42 Å². The number of aromatic amines is 1. The summed E-state index contributed by atoms with van der Waals surface area (Å²) in [6, 6.07) is 7.85. The van der Waals surface area contributed by atoms with Crippen molar-refractivity contribution in [3.63, 3.8) is 0 Å². The van der Waals surface area contributed by atoms with E-state index in [-0.39, 0.29) is 9.79 Å². The number of hydrogen-bond donors (Lipinski definition) is 1. The molecule has 19 heavy (non-hydrogen) atoms. The lowest BCUT2D eigenvalue weighted by atomic mass is 10.2. The van der Waals surface area contributed by atoms with E-state index in [2.05, 4.69) is 20.9 Å². The fourth-order valence-electron chi connectivity index (χ4n) is 1.91. The third kappa shape index (κ3) is 2.64. The van der Waals surface area contributed by atoms with Gasteiger partial charge in [0.25, 0.3) is 5.56 Å². The number of rotatable bonds is 2. The van der Waals surface area contributed by atoms with Gasteiger partial charge in [0.15, 0.2) is 0 Å². The van der Waals surface area contributed by atoms with Gasteiger partial charge in [-0.1, -0.05) is 15.9 Å². The Hall–Kier alpha value is -1.40. The maximum Gasteiger partial charge on any atom is 0.267 e. The molecule has 2 aromatic rings. The van der Waals surface area contributed by atoms with Crippen LogP contribution in [0.2, 0.25) is 0 Å². The summed E-state index contributed by atoms with van der Waals surface area (Å²) in [5.74, 6) is 0. The molecular weight excluding hydrogens is 330 g/mol. The maximum absolute atomic E-state index is 12.5. The summed E-state index contributed by atoms with van der Waals surface area (Å²) in [6.45, 7) is 3.33. The number of sulfone groups is 1. The van der Waals surface area contributed by atoms with Crippen LogP contribution in [0, 0.1) is 13.8 Å². The molecule has 0 atom stereocenters. The maximum atomic E-state index is 12.5.